The topological polar surface area (TPSA) is 74.0 Å². The number of aromatic nitrogens is 1. The van der Waals surface area contributed by atoms with Gasteiger partial charge in [-0.15, -0.1) is 0 Å². The number of rotatable bonds is 2. The lowest BCUT2D eigenvalue weighted by molar-refractivity contribution is -0.113. The summed E-state index contributed by atoms with van der Waals surface area (Å²) in [6.07, 6.45) is 1.23. The number of hydrogen-bond acceptors (Lipinski definition) is 4. The third-order valence-electron chi connectivity index (χ3n) is 1.28. The minimum absolute atomic E-state index is 0.00319. The van der Waals surface area contributed by atoms with Crippen molar-refractivity contribution in [2.75, 3.05) is 0 Å². The zero-order chi connectivity index (χ0) is 8.97. The van der Waals surface area contributed by atoms with Gasteiger partial charge in [0.15, 0.2) is 0 Å². The molecule has 1 heterocycles. The Kier molecular flexibility index (Phi) is 2.38. The van der Waals surface area contributed by atoms with Crippen LogP contribution in [0.15, 0.2) is 18.3 Å². The number of carbonyl (C=O) groups excluding carboxylic acids is 1. The molecule has 1 rings (SSSR count). The standard InChI is InChI=1S/C8H6N2O2/c9-4-8(12)3-6-1-2-7(11)5-10-6/h1-2,5,11H,3H2. The summed E-state index contributed by atoms with van der Waals surface area (Å²) in [5, 5.41) is 17.0. The SMILES string of the molecule is N#CC(=O)Cc1ccc(O)cn1. The Labute approximate surface area is 69.1 Å². The molecule has 1 aromatic heterocycles. The van der Waals surface area contributed by atoms with Crippen molar-refractivity contribution in [2.45, 2.75) is 6.42 Å². The number of aromatic hydroxyl groups is 1. The Balaban J connectivity index is 2.73. The van der Waals surface area contributed by atoms with Crippen LogP contribution in [0.1, 0.15) is 5.69 Å². The number of nitriles is 1. The van der Waals surface area contributed by atoms with E-state index < -0.39 is 5.78 Å². The highest BCUT2D eigenvalue weighted by Gasteiger charge is 2.02. The van der Waals surface area contributed by atoms with Gasteiger partial charge < -0.3 is 5.11 Å². The van der Waals surface area contributed by atoms with Gasteiger partial charge >= 0.3 is 0 Å². The molecular weight excluding hydrogens is 156 g/mol. The molecule has 0 saturated heterocycles. The van der Waals surface area contributed by atoms with Gasteiger partial charge in [-0.3, -0.25) is 9.78 Å². The van der Waals surface area contributed by atoms with Gasteiger partial charge in [-0.2, -0.15) is 5.26 Å². The van der Waals surface area contributed by atoms with Crippen molar-refractivity contribution in [1.29, 1.82) is 5.26 Å². The molecule has 0 saturated carbocycles. The summed E-state index contributed by atoms with van der Waals surface area (Å²) in [6, 6.07) is 4.41. The number of hydrogen-bond donors (Lipinski definition) is 1. The third kappa shape index (κ3) is 2.06. The summed E-state index contributed by atoms with van der Waals surface area (Å²) in [7, 11) is 0. The van der Waals surface area contributed by atoms with Crippen LogP contribution in [-0.2, 0) is 11.2 Å². The van der Waals surface area contributed by atoms with Crippen LogP contribution in [0.5, 0.6) is 5.75 Å². The lowest BCUT2D eigenvalue weighted by Gasteiger charge is -1.94. The molecule has 0 fully saturated rings. The monoisotopic (exact) mass is 162 g/mol. The maximum absolute atomic E-state index is 10.6. The predicted octanol–water partition coefficient (Wildman–Crippen LogP) is 0.422. The van der Waals surface area contributed by atoms with Gasteiger partial charge in [0, 0.05) is 5.69 Å². The fraction of sp³-hybridized carbons (Fsp3) is 0.125. The number of ketones is 1. The summed E-state index contributed by atoms with van der Waals surface area (Å²) < 4.78 is 0. The largest absolute Gasteiger partial charge is 0.506 e. The molecule has 0 aromatic carbocycles. The first-order chi connectivity index (χ1) is 5.72. The summed E-state index contributed by atoms with van der Waals surface area (Å²) in [6.45, 7) is 0. The van der Waals surface area contributed by atoms with Crippen molar-refractivity contribution >= 4 is 5.78 Å². The number of pyridine rings is 1. The van der Waals surface area contributed by atoms with Crippen molar-refractivity contribution < 1.29 is 9.90 Å². The van der Waals surface area contributed by atoms with E-state index in [1.165, 1.54) is 24.4 Å². The Morgan fingerprint density at radius 3 is 2.92 bits per heavy atom. The van der Waals surface area contributed by atoms with Crippen LogP contribution in [0.3, 0.4) is 0 Å². The molecule has 4 heteroatoms. The molecule has 0 spiro atoms. The van der Waals surface area contributed by atoms with Crippen LogP contribution in [0.25, 0.3) is 0 Å². The average molecular weight is 162 g/mol. The second kappa shape index (κ2) is 3.49. The average Bonchev–Trinajstić information content (AvgIpc) is 2.09. The van der Waals surface area contributed by atoms with Crippen LogP contribution in [-0.4, -0.2) is 15.9 Å². The van der Waals surface area contributed by atoms with E-state index in [4.69, 9.17) is 10.4 Å². The summed E-state index contributed by atoms with van der Waals surface area (Å²) in [4.78, 5) is 14.3. The zero-order valence-electron chi connectivity index (χ0n) is 6.19. The van der Waals surface area contributed by atoms with Gasteiger partial charge in [0.1, 0.15) is 11.8 Å². The highest BCUT2D eigenvalue weighted by Crippen LogP contribution is 2.06. The number of Topliss-reactive ketones (excluding diaryl/α,β-unsaturated/α-hetero) is 1. The molecule has 1 aromatic rings. The Morgan fingerprint density at radius 2 is 2.42 bits per heavy atom. The molecule has 0 unspecified atom stereocenters. The lowest BCUT2D eigenvalue weighted by atomic mass is 10.2. The third-order valence-corrected chi connectivity index (χ3v) is 1.28. The quantitative estimate of drug-likeness (QED) is 0.639. The fourth-order valence-corrected chi connectivity index (χ4v) is 0.725. The van der Waals surface area contributed by atoms with E-state index in [9.17, 15) is 4.79 Å². The first kappa shape index (κ1) is 8.21. The van der Waals surface area contributed by atoms with E-state index in [1.54, 1.807) is 0 Å². The van der Waals surface area contributed by atoms with Crippen molar-refractivity contribution in [1.82, 2.24) is 4.98 Å². The number of nitrogens with zero attached hydrogens (tertiary/aromatic N) is 2. The van der Waals surface area contributed by atoms with Crippen LogP contribution < -0.4 is 0 Å². The van der Waals surface area contributed by atoms with Crippen molar-refractivity contribution in [2.24, 2.45) is 0 Å². The van der Waals surface area contributed by atoms with Crippen LogP contribution >= 0.6 is 0 Å². The van der Waals surface area contributed by atoms with Gasteiger partial charge in [-0.05, 0) is 12.1 Å². The minimum Gasteiger partial charge on any atom is -0.506 e. The van der Waals surface area contributed by atoms with Crippen molar-refractivity contribution in [3.63, 3.8) is 0 Å². The highest BCUT2D eigenvalue weighted by molar-refractivity contribution is 5.94. The molecule has 0 aliphatic heterocycles. The van der Waals surface area contributed by atoms with E-state index >= 15 is 0 Å². The Morgan fingerprint density at radius 1 is 1.67 bits per heavy atom. The molecule has 4 nitrogen and oxygen atoms in total. The van der Waals surface area contributed by atoms with Gasteiger partial charge in [0.25, 0.3) is 0 Å². The van der Waals surface area contributed by atoms with E-state index in [0.29, 0.717) is 5.69 Å². The molecular formula is C8H6N2O2. The summed E-state index contributed by atoms with van der Waals surface area (Å²) >= 11 is 0. The molecule has 0 radical (unpaired) electrons. The highest BCUT2D eigenvalue weighted by atomic mass is 16.3. The molecule has 0 aliphatic rings. The van der Waals surface area contributed by atoms with E-state index in [2.05, 4.69) is 4.98 Å². The molecule has 0 bridgehead atoms. The maximum atomic E-state index is 10.6. The number of carbonyl (C=O) groups is 1. The molecule has 0 amide bonds. The van der Waals surface area contributed by atoms with Gasteiger partial charge in [0.05, 0.1) is 12.6 Å². The van der Waals surface area contributed by atoms with E-state index in [0.717, 1.165) is 0 Å². The second-order valence-electron chi connectivity index (χ2n) is 2.22. The van der Waals surface area contributed by atoms with E-state index in [1.807, 2.05) is 0 Å². The van der Waals surface area contributed by atoms with Gasteiger partial charge in [-0.25, -0.2) is 0 Å². The molecule has 0 atom stereocenters. The predicted molar refractivity (Wildman–Crippen MR) is 40.2 cm³/mol. The van der Waals surface area contributed by atoms with Crippen LogP contribution in [0.2, 0.25) is 0 Å². The molecule has 12 heavy (non-hydrogen) atoms. The maximum Gasteiger partial charge on any atom is 0.237 e. The normalized spacial score (nSPS) is 8.92. The second-order valence-corrected chi connectivity index (χ2v) is 2.22. The summed E-state index contributed by atoms with van der Waals surface area (Å²) in [5.74, 6) is -0.489. The first-order valence-corrected chi connectivity index (χ1v) is 3.29. The first-order valence-electron chi connectivity index (χ1n) is 3.29. The zero-order valence-corrected chi connectivity index (χ0v) is 6.19. The van der Waals surface area contributed by atoms with Gasteiger partial charge in [0.2, 0.25) is 5.78 Å². The van der Waals surface area contributed by atoms with Crippen molar-refractivity contribution in [3.05, 3.63) is 24.0 Å². The van der Waals surface area contributed by atoms with Crippen LogP contribution in [0, 0.1) is 11.3 Å². The lowest BCUT2D eigenvalue weighted by Crippen LogP contribution is -2.00. The van der Waals surface area contributed by atoms with E-state index in [-0.39, 0.29) is 12.2 Å². The van der Waals surface area contributed by atoms with Crippen molar-refractivity contribution in [3.8, 4) is 11.8 Å². The Bertz CT molecular complexity index is 324. The minimum atomic E-state index is -0.534. The fourth-order valence-electron chi connectivity index (χ4n) is 0.725. The smallest absolute Gasteiger partial charge is 0.237 e. The molecule has 0 aliphatic carbocycles. The van der Waals surface area contributed by atoms with Crippen LogP contribution in [0.4, 0.5) is 0 Å². The van der Waals surface area contributed by atoms with Gasteiger partial charge in [-0.1, -0.05) is 0 Å². The molecule has 60 valence electrons. The molecule has 1 N–H and O–H groups in total. The Hall–Kier alpha value is -1.89. The summed E-state index contributed by atoms with van der Waals surface area (Å²) in [5.41, 5.74) is 0.486.